The smallest absolute Gasteiger partial charge is 0.214 e. The van der Waals surface area contributed by atoms with Crippen molar-refractivity contribution in [2.24, 2.45) is 16.8 Å². The van der Waals surface area contributed by atoms with Crippen LogP contribution in [0, 0.1) is 5.92 Å². The quantitative estimate of drug-likeness (QED) is 0.297. The van der Waals surface area contributed by atoms with Crippen molar-refractivity contribution in [1.29, 1.82) is 0 Å². The van der Waals surface area contributed by atoms with Gasteiger partial charge in [0.05, 0.1) is 12.3 Å². The molecule has 0 spiro atoms. The normalized spacial score (nSPS) is 13.7. The average Bonchev–Trinajstić information content (AvgIpc) is 2.22. The van der Waals surface area contributed by atoms with E-state index in [1.807, 2.05) is 13.8 Å². The Morgan fingerprint density at radius 3 is 2.44 bits per heavy atom. The number of hydrogen-bond donors (Lipinski definition) is 2. The van der Waals surface area contributed by atoms with Gasteiger partial charge in [0.25, 0.3) is 0 Å². The van der Waals surface area contributed by atoms with Crippen LogP contribution in [-0.4, -0.2) is 42.6 Å². The summed E-state index contributed by atoms with van der Waals surface area (Å²) in [6, 6.07) is 0. The molecule has 0 fully saturated rings. The number of amidine groups is 1. The number of sulfonamides is 1. The summed E-state index contributed by atoms with van der Waals surface area (Å²) in [4.78, 5) is 0. The van der Waals surface area contributed by atoms with Crippen molar-refractivity contribution >= 4 is 15.9 Å². The van der Waals surface area contributed by atoms with E-state index in [2.05, 4.69) is 5.16 Å². The van der Waals surface area contributed by atoms with Crippen LogP contribution in [-0.2, 0) is 10.0 Å². The molecule has 0 rings (SSSR count). The molecule has 3 N–H and O–H groups in total. The van der Waals surface area contributed by atoms with Gasteiger partial charge in [0, 0.05) is 6.54 Å². The molecule has 0 aromatic heterocycles. The highest BCUT2D eigenvalue weighted by molar-refractivity contribution is 7.89. The molecule has 0 aliphatic heterocycles. The van der Waals surface area contributed by atoms with Crippen molar-refractivity contribution in [3.8, 4) is 0 Å². The molecule has 0 heterocycles. The number of nitrogens with zero attached hydrogens (tertiary/aromatic N) is 2. The largest absolute Gasteiger partial charge is 0.409 e. The third kappa shape index (κ3) is 5.32. The highest BCUT2D eigenvalue weighted by atomic mass is 32.2. The van der Waals surface area contributed by atoms with Gasteiger partial charge in [-0.3, -0.25) is 0 Å². The number of likely N-dealkylation sites (N-methyl/N-ethyl adjacent to an activating group) is 1. The van der Waals surface area contributed by atoms with Gasteiger partial charge in [-0.15, -0.1) is 0 Å². The molecule has 0 aromatic rings. The highest BCUT2D eigenvalue weighted by Gasteiger charge is 2.21. The molecule has 0 bridgehead atoms. The molecule has 0 aromatic carbocycles. The van der Waals surface area contributed by atoms with Crippen LogP contribution < -0.4 is 5.73 Å². The molecule has 0 aliphatic carbocycles. The van der Waals surface area contributed by atoms with Crippen LogP contribution in [0.3, 0.4) is 0 Å². The van der Waals surface area contributed by atoms with E-state index in [-0.39, 0.29) is 18.1 Å². The molecule has 6 nitrogen and oxygen atoms in total. The first-order chi connectivity index (χ1) is 7.33. The Kier molecular flexibility index (Phi) is 6.35. The van der Waals surface area contributed by atoms with E-state index in [4.69, 9.17) is 10.9 Å². The maximum atomic E-state index is 11.9. The monoisotopic (exact) mass is 251 g/mol. The maximum Gasteiger partial charge on any atom is 0.214 e. The summed E-state index contributed by atoms with van der Waals surface area (Å²) in [6.45, 7) is 5.91. The number of nitrogens with two attached hydrogens (primary N) is 1. The zero-order chi connectivity index (χ0) is 12.8. The molecule has 0 saturated carbocycles. The van der Waals surface area contributed by atoms with Gasteiger partial charge >= 0.3 is 0 Å². The number of oxime groups is 1. The van der Waals surface area contributed by atoms with Crippen LogP contribution in [0.2, 0.25) is 0 Å². The molecule has 0 unspecified atom stereocenters. The lowest BCUT2D eigenvalue weighted by Crippen LogP contribution is -2.39. The fraction of sp³-hybridized carbons (Fsp3) is 0.889. The fourth-order valence-electron chi connectivity index (χ4n) is 1.13. The van der Waals surface area contributed by atoms with Crippen LogP contribution in [0.1, 0.15) is 27.2 Å². The van der Waals surface area contributed by atoms with Crippen molar-refractivity contribution in [2.45, 2.75) is 27.2 Å². The van der Waals surface area contributed by atoms with Gasteiger partial charge in [-0.1, -0.05) is 25.9 Å². The topological polar surface area (TPSA) is 96.0 Å². The SMILES string of the molecule is CCN(CC(N)=NO)S(=O)(=O)CCC(C)C. The molecule has 0 aliphatic rings. The lowest BCUT2D eigenvalue weighted by molar-refractivity contribution is 0.315. The van der Waals surface area contributed by atoms with E-state index < -0.39 is 10.0 Å². The van der Waals surface area contributed by atoms with Crippen molar-refractivity contribution in [3.05, 3.63) is 0 Å². The first-order valence-electron chi connectivity index (χ1n) is 5.27. The third-order valence-corrected chi connectivity index (χ3v) is 4.09. The second-order valence-corrected chi connectivity index (χ2v) is 6.10. The fourth-order valence-corrected chi connectivity index (χ4v) is 2.88. The van der Waals surface area contributed by atoms with Gasteiger partial charge in [-0.25, -0.2) is 8.42 Å². The van der Waals surface area contributed by atoms with Crippen molar-refractivity contribution < 1.29 is 13.6 Å². The molecule has 0 saturated heterocycles. The summed E-state index contributed by atoms with van der Waals surface area (Å²) < 4.78 is 24.9. The Morgan fingerprint density at radius 1 is 1.50 bits per heavy atom. The molecule has 0 atom stereocenters. The Bertz CT molecular complexity index is 325. The predicted molar refractivity (Wildman–Crippen MR) is 63.9 cm³/mol. The summed E-state index contributed by atoms with van der Waals surface area (Å²) in [5.41, 5.74) is 5.30. The zero-order valence-corrected chi connectivity index (χ0v) is 10.9. The van der Waals surface area contributed by atoms with Crippen LogP contribution >= 0.6 is 0 Å². The van der Waals surface area contributed by atoms with Gasteiger partial charge in [-0.2, -0.15) is 4.31 Å². The van der Waals surface area contributed by atoms with E-state index in [1.165, 1.54) is 4.31 Å². The zero-order valence-electron chi connectivity index (χ0n) is 10.0. The predicted octanol–water partition coefficient (Wildman–Crippen LogP) is 0.431. The molecular weight excluding hydrogens is 230 g/mol. The molecule has 96 valence electrons. The Hall–Kier alpha value is -0.820. The number of rotatable bonds is 7. The minimum atomic E-state index is -3.31. The second kappa shape index (κ2) is 6.70. The van der Waals surface area contributed by atoms with Crippen LogP contribution in [0.5, 0.6) is 0 Å². The van der Waals surface area contributed by atoms with Crippen LogP contribution in [0.15, 0.2) is 5.16 Å². The third-order valence-electron chi connectivity index (χ3n) is 2.17. The second-order valence-electron chi connectivity index (χ2n) is 4.02. The average molecular weight is 251 g/mol. The van der Waals surface area contributed by atoms with Crippen LogP contribution in [0.25, 0.3) is 0 Å². The van der Waals surface area contributed by atoms with Crippen molar-refractivity contribution in [2.75, 3.05) is 18.8 Å². The van der Waals surface area contributed by atoms with E-state index in [1.54, 1.807) is 6.92 Å². The Labute approximate surface area is 97.2 Å². The van der Waals surface area contributed by atoms with Crippen LogP contribution in [0.4, 0.5) is 0 Å². The standard InChI is InChI=1S/C9H21N3O3S/c1-4-12(7-9(10)11-13)16(14,15)6-5-8(2)3/h8,13H,4-7H2,1-3H3,(H2,10,11). The van der Waals surface area contributed by atoms with Gasteiger partial charge in [0.1, 0.15) is 0 Å². The van der Waals surface area contributed by atoms with Gasteiger partial charge in [0.2, 0.25) is 10.0 Å². The highest BCUT2D eigenvalue weighted by Crippen LogP contribution is 2.07. The lowest BCUT2D eigenvalue weighted by atomic mass is 10.2. The first kappa shape index (κ1) is 15.2. The van der Waals surface area contributed by atoms with Gasteiger partial charge < -0.3 is 10.9 Å². The van der Waals surface area contributed by atoms with Crippen molar-refractivity contribution in [3.63, 3.8) is 0 Å². The Morgan fingerprint density at radius 2 is 2.06 bits per heavy atom. The summed E-state index contributed by atoms with van der Waals surface area (Å²) in [5, 5.41) is 11.2. The molecular formula is C9H21N3O3S. The van der Waals surface area contributed by atoms with E-state index in [0.717, 1.165) is 0 Å². The number of hydrogen-bond acceptors (Lipinski definition) is 4. The van der Waals surface area contributed by atoms with Crippen molar-refractivity contribution in [1.82, 2.24) is 4.31 Å². The summed E-state index contributed by atoms with van der Waals surface area (Å²) >= 11 is 0. The minimum Gasteiger partial charge on any atom is -0.409 e. The lowest BCUT2D eigenvalue weighted by Gasteiger charge is -2.20. The van der Waals surface area contributed by atoms with E-state index in [9.17, 15) is 8.42 Å². The Balaban J connectivity index is 4.55. The minimum absolute atomic E-state index is 0.0621. The molecule has 0 radical (unpaired) electrons. The molecule has 7 heteroatoms. The molecule has 0 amide bonds. The van der Waals surface area contributed by atoms with Gasteiger partial charge in [0.15, 0.2) is 5.84 Å². The summed E-state index contributed by atoms with van der Waals surface area (Å²) in [6.07, 6.45) is 0.606. The van der Waals surface area contributed by atoms with E-state index >= 15 is 0 Å². The first-order valence-corrected chi connectivity index (χ1v) is 6.88. The summed E-state index contributed by atoms with van der Waals surface area (Å²) in [5.74, 6) is 0.323. The van der Waals surface area contributed by atoms with E-state index in [0.29, 0.717) is 18.9 Å². The van der Waals surface area contributed by atoms with Gasteiger partial charge in [-0.05, 0) is 12.3 Å². The molecule has 16 heavy (non-hydrogen) atoms. The maximum absolute atomic E-state index is 11.9. The summed E-state index contributed by atoms with van der Waals surface area (Å²) in [7, 11) is -3.31.